The zero-order valence-electron chi connectivity index (χ0n) is 14.5. The maximum atomic E-state index is 11.7. The number of amides is 2. The van der Waals surface area contributed by atoms with E-state index in [4.69, 9.17) is 4.74 Å². The molecule has 0 aromatic heterocycles. The summed E-state index contributed by atoms with van der Waals surface area (Å²) in [6.07, 6.45) is 3.22. The number of ether oxygens (including phenoxy) is 1. The Morgan fingerprint density at radius 1 is 1.08 bits per heavy atom. The van der Waals surface area contributed by atoms with Crippen LogP contribution in [-0.2, 0) is 9.59 Å². The molecule has 0 fully saturated rings. The SMILES string of the molecule is CC(=O)Nc1cccc(OCC#CCNC(=O)/C=C/c2ccccc2)c1. The highest BCUT2D eigenvalue weighted by Gasteiger charge is 1.97. The second kappa shape index (κ2) is 10.4. The van der Waals surface area contributed by atoms with E-state index in [0.717, 1.165) is 5.56 Å². The fraction of sp³-hybridized carbons (Fsp3) is 0.143. The molecule has 0 saturated heterocycles. The average molecular weight is 348 g/mol. The molecule has 132 valence electrons. The van der Waals surface area contributed by atoms with Crippen LogP contribution in [0.25, 0.3) is 6.08 Å². The Kier molecular flexibility index (Phi) is 7.50. The van der Waals surface area contributed by atoms with E-state index in [1.54, 1.807) is 30.3 Å². The van der Waals surface area contributed by atoms with Crippen molar-refractivity contribution < 1.29 is 14.3 Å². The Morgan fingerprint density at radius 2 is 1.88 bits per heavy atom. The van der Waals surface area contributed by atoms with Crippen molar-refractivity contribution in [3.63, 3.8) is 0 Å². The summed E-state index contributed by atoms with van der Waals surface area (Å²) in [6, 6.07) is 16.6. The number of hydrogen-bond acceptors (Lipinski definition) is 3. The number of benzene rings is 2. The van der Waals surface area contributed by atoms with Crippen LogP contribution in [0.4, 0.5) is 5.69 Å². The predicted molar refractivity (Wildman–Crippen MR) is 103 cm³/mol. The lowest BCUT2D eigenvalue weighted by Gasteiger charge is -2.05. The topological polar surface area (TPSA) is 67.4 Å². The van der Waals surface area contributed by atoms with Gasteiger partial charge >= 0.3 is 0 Å². The number of hydrogen-bond donors (Lipinski definition) is 2. The van der Waals surface area contributed by atoms with E-state index in [1.165, 1.54) is 13.0 Å². The van der Waals surface area contributed by atoms with E-state index < -0.39 is 0 Å². The summed E-state index contributed by atoms with van der Waals surface area (Å²) >= 11 is 0. The first-order valence-corrected chi connectivity index (χ1v) is 8.10. The first-order chi connectivity index (χ1) is 12.6. The van der Waals surface area contributed by atoms with Crippen LogP contribution in [-0.4, -0.2) is 25.0 Å². The largest absolute Gasteiger partial charge is 0.481 e. The summed E-state index contributed by atoms with van der Waals surface area (Å²) in [4.78, 5) is 22.7. The highest BCUT2D eigenvalue weighted by Crippen LogP contribution is 2.16. The van der Waals surface area contributed by atoms with Gasteiger partial charge in [0.15, 0.2) is 0 Å². The molecule has 0 aliphatic rings. The van der Waals surface area contributed by atoms with Gasteiger partial charge in [0.05, 0.1) is 6.54 Å². The van der Waals surface area contributed by atoms with Gasteiger partial charge in [0.1, 0.15) is 12.4 Å². The lowest BCUT2D eigenvalue weighted by atomic mass is 10.2. The molecule has 2 aromatic carbocycles. The van der Waals surface area contributed by atoms with Gasteiger partial charge in [-0.2, -0.15) is 0 Å². The van der Waals surface area contributed by atoms with Crippen molar-refractivity contribution in [2.24, 2.45) is 0 Å². The molecule has 0 aliphatic carbocycles. The molecule has 2 aromatic rings. The summed E-state index contributed by atoms with van der Waals surface area (Å²) in [5.41, 5.74) is 1.63. The van der Waals surface area contributed by atoms with Crippen molar-refractivity contribution in [2.45, 2.75) is 6.92 Å². The zero-order chi connectivity index (χ0) is 18.6. The van der Waals surface area contributed by atoms with Crippen molar-refractivity contribution in [3.05, 3.63) is 66.2 Å². The first kappa shape index (κ1) is 18.8. The minimum absolute atomic E-state index is 0.140. The Balaban J connectivity index is 1.70. The summed E-state index contributed by atoms with van der Waals surface area (Å²) in [5.74, 6) is 5.92. The number of carbonyl (C=O) groups is 2. The van der Waals surface area contributed by atoms with Crippen LogP contribution in [0.3, 0.4) is 0 Å². The van der Waals surface area contributed by atoms with Gasteiger partial charge in [-0.15, -0.1) is 0 Å². The van der Waals surface area contributed by atoms with Crippen molar-refractivity contribution >= 4 is 23.6 Å². The van der Waals surface area contributed by atoms with Crippen LogP contribution in [0.2, 0.25) is 0 Å². The molecule has 0 radical (unpaired) electrons. The lowest BCUT2D eigenvalue weighted by Crippen LogP contribution is -2.21. The van der Waals surface area contributed by atoms with Crippen molar-refractivity contribution in [2.75, 3.05) is 18.5 Å². The Labute approximate surface area is 153 Å². The molecule has 0 unspecified atom stereocenters. The van der Waals surface area contributed by atoms with E-state index >= 15 is 0 Å². The predicted octanol–water partition coefficient (Wildman–Crippen LogP) is 2.86. The molecule has 0 aliphatic heterocycles. The molecule has 0 saturated carbocycles. The van der Waals surface area contributed by atoms with Crippen LogP contribution < -0.4 is 15.4 Å². The van der Waals surface area contributed by atoms with Gasteiger partial charge in [0.2, 0.25) is 11.8 Å². The standard InChI is InChI=1S/C21H20N2O3/c1-17(24)23-19-10-7-11-20(16-19)26-15-6-5-14-22-21(25)13-12-18-8-3-2-4-9-18/h2-4,7-13,16H,14-15H2,1H3,(H,22,25)(H,23,24)/b13-12+. The Bertz CT molecular complexity index is 833. The second-order valence-electron chi connectivity index (χ2n) is 5.31. The number of nitrogens with one attached hydrogen (secondary N) is 2. The van der Waals surface area contributed by atoms with Crippen LogP contribution in [0, 0.1) is 11.8 Å². The zero-order valence-corrected chi connectivity index (χ0v) is 14.5. The average Bonchev–Trinajstić information content (AvgIpc) is 2.63. The maximum absolute atomic E-state index is 11.7. The molecule has 5 nitrogen and oxygen atoms in total. The smallest absolute Gasteiger partial charge is 0.244 e. The molecule has 0 spiro atoms. The third-order valence-corrected chi connectivity index (χ3v) is 3.17. The van der Waals surface area contributed by atoms with Crippen molar-refractivity contribution in [1.29, 1.82) is 0 Å². The fourth-order valence-electron chi connectivity index (χ4n) is 2.03. The van der Waals surface area contributed by atoms with Gasteiger partial charge in [-0.05, 0) is 23.8 Å². The molecule has 0 bridgehead atoms. The highest BCUT2D eigenvalue weighted by molar-refractivity contribution is 5.91. The Morgan fingerprint density at radius 3 is 2.65 bits per heavy atom. The third kappa shape index (κ3) is 7.37. The van der Waals surface area contributed by atoms with Crippen LogP contribution in [0.15, 0.2) is 60.7 Å². The van der Waals surface area contributed by atoms with E-state index in [2.05, 4.69) is 22.5 Å². The molecule has 5 heteroatoms. The minimum atomic E-state index is -0.202. The number of anilines is 1. The molecular weight excluding hydrogens is 328 g/mol. The molecule has 0 heterocycles. The summed E-state index contributed by atoms with van der Waals surface area (Å²) in [6.45, 7) is 1.88. The number of carbonyl (C=O) groups excluding carboxylic acids is 2. The third-order valence-electron chi connectivity index (χ3n) is 3.17. The monoisotopic (exact) mass is 348 g/mol. The van der Waals surface area contributed by atoms with Crippen molar-refractivity contribution in [3.8, 4) is 17.6 Å². The molecule has 2 rings (SSSR count). The second-order valence-corrected chi connectivity index (χ2v) is 5.31. The van der Waals surface area contributed by atoms with Gasteiger partial charge < -0.3 is 15.4 Å². The minimum Gasteiger partial charge on any atom is -0.481 e. The number of rotatable bonds is 6. The van der Waals surface area contributed by atoms with E-state index in [0.29, 0.717) is 11.4 Å². The van der Waals surface area contributed by atoms with Gasteiger partial charge in [-0.25, -0.2) is 0 Å². The molecule has 0 atom stereocenters. The van der Waals surface area contributed by atoms with E-state index in [9.17, 15) is 9.59 Å². The van der Waals surface area contributed by atoms with Crippen LogP contribution >= 0.6 is 0 Å². The normalized spacial score (nSPS) is 9.88. The maximum Gasteiger partial charge on any atom is 0.244 e. The Hall–Kier alpha value is -3.52. The lowest BCUT2D eigenvalue weighted by molar-refractivity contribution is -0.116. The van der Waals surface area contributed by atoms with Crippen molar-refractivity contribution in [1.82, 2.24) is 5.32 Å². The molecule has 26 heavy (non-hydrogen) atoms. The summed E-state index contributed by atoms with van der Waals surface area (Å²) < 4.78 is 5.49. The van der Waals surface area contributed by atoms with Gasteiger partial charge in [-0.3, -0.25) is 9.59 Å². The quantitative estimate of drug-likeness (QED) is 0.623. The van der Waals surface area contributed by atoms with Crippen LogP contribution in [0.5, 0.6) is 5.75 Å². The van der Waals surface area contributed by atoms with Gasteiger partial charge in [0.25, 0.3) is 0 Å². The van der Waals surface area contributed by atoms with Gasteiger partial charge in [-0.1, -0.05) is 48.2 Å². The molecule has 2 N–H and O–H groups in total. The fourth-order valence-corrected chi connectivity index (χ4v) is 2.03. The van der Waals surface area contributed by atoms with Crippen LogP contribution in [0.1, 0.15) is 12.5 Å². The molecule has 2 amide bonds. The van der Waals surface area contributed by atoms with E-state index in [1.807, 2.05) is 30.3 Å². The highest BCUT2D eigenvalue weighted by atomic mass is 16.5. The molecular formula is C21H20N2O3. The summed E-state index contributed by atoms with van der Waals surface area (Å²) in [7, 11) is 0. The first-order valence-electron chi connectivity index (χ1n) is 8.10. The van der Waals surface area contributed by atoms with Gasteiger partial charge in [0, 0.05) is 24.8 Å². The van der Waals surface area contributed by atoms with E-state index in [-0.39, 0.29) is 25.0 Å². The summed E-state index contributed by atoms with van der Waals surface area (Å²) in [5, 5.41) is 5.36.